The Kier molecular flexibility index (Phi) is 5.21. The maximum absolute atomic E-state index is 12.0. The van der Waals surface area contributed by atoms with E-state index in [1.165, 1.54) is 16.0 Å². The second-order valence-corrected chi connectivity index (χ2v) is 8.59. The van der Waals surface area contributed by atoms with Crippen LogP contribution in [0.1, 0.15) is 21.9 Å². The van der Waals surface area contributed by atoms with Gasteiger partial charge in [-0.25, -0.2) is 0 Å². The predicted molar refractivity (Wildman–Crippen MR) is 96.1 cm³/mol. The van der Waals surface area contributed by atoms with Crippen molar-refractivity contribution in [3.63, 3.8) is 0 Å². The quantitative estimate of drug-likeness (QED) is 0.825. The van der Waals surface area contributed by atoms with E-state index in [2.05, 4.69) is 12.1 Å². The lowest BCUT2D eigenvalue weighted by molar-refractivity contribution is -0.115. The van der Waals surface area contributed by atoms with Gasteiger partial charge in [-0.3, -0.25) is 4.79 Å². The van der Waals surface area contributed by atoms with Crippen LogP contribution >= 0.6 is 23.4 Å². The maximum atomic E-state index is 12.0. The smallest absolute Gasteiger partial charge is 0.267 e. The number of hydrogen-bond acceptors (Lipinski definition) is 3. The van der Waals surface area contributed by atoms with Gasteiger partial charge in [0, 0.05) is 20.7 Å². The molecule has 1 aliphatic rings. The van der Waals surface area contributed by atoms with E-state index in [1.54, 1.807) is 11.8 Å². The van der Waals surface area contributed by atoms with Crippen LogP contribution in [-0.4, -0.2) is 16.2 Å². The van der Waals surface area contributed by atoms with Gasteiger partial charge in [-0.05, 0) is 46.9 Å². The lowest BCUT2D eigenvalue weighted by Crippen LogP contribution is -2.24. The highest BCUT2D eigenvalue weighted by molar-refractivity contribution is 7.99. The lowest BCUT2D eigenvalue weighted by atomic mass is 10.0. The van der Waals surface area contributed by atoms with Gasteiger partial charge < -0.3 is 10.3 Å². The Balaban J connectivity index is 1.80. The third-order valence-electron chi connectivity index (χ3n) is 3.72. The average molecular weight is 366 g/mol. The molecule has 0 spiro atoms. The van der Waals surface area contributed by atoms with Crippen LogP contribution in [0.25, 0.3) is 0 Å². The molecule has 0 fully saturated rings. The van der Waals surface area contributed by atoms with Gasteiger partial charge in [0.05, 0.1) is 0 Å². The summed E-state index contributed by atoms with van der Waals surface area (Å²) in [5.41, 5.74) is 8.57. The van der Waals surface area contributed by atoms with Crippen LogP contribution in [0.15, 0.2) is 47.4 Å². The largest absolute Gasteiger partial charge is 0.616 e. The zero-order chi connectivity index (χ0) is 16.4. The highest BCUT2D eigenvalue weighted by Crippen LogP contribution is 2.47. The van der Waals surface area contributed by atoms with E-state index in [9.17, 15) is 9.35 Å². The van der Waals surface area contributed by atoms with E-state index in [1.807, 2.05) is 30.3 Å². The topological polar surface area (TPSA) is 66.2 Å². The first-order valence-corrected chi connectivity index (χ1v) is 9.93. The first-order valence-electron chi connectivity index (χ1n) is 7.19. The molecule has 0 radical (unpaired) electrons. The van der Waals surface area contributed by atoms with Gasteiger partial charge >= 0.3 is 0 Å². The van der Waals surface area contributed by atoms with E-state index in [0.717, 1.165) is 17.0 Å². The van der Waals surface area contributed by atoms with Gasteiger partial charge in [0.25, 0.3) is 5.91 Å². The van der Waals surface area contributed by atoms with Crippen molar-refractivity contribution in [2.45, 2.75) is 22.3 Å². The number of thioether (sulfide) groups is 1. The summed E-state index contributed by atoms with van der Waals surface area (Å²) in [7, 11) is 0. The minimum absolute atomic E-state index is 0.0953. The fraction of sp³-hybridized carbons (Fsp3) is 0.235. The number of carbonyl (C=O) groups is 1. The van der Waals surface area contributed by atoms with Crippen LogP contribution < -0.4 is 5.73 Å². The molecule has 0 saturated carbocycles. The molecule has 3 rings (SSSR count). The molecule has 0 aromatic heterocycles. The number of hydrogen-bond donors (Lipinski definition) is 1. The summed E-state index contributed by atoms with van der Waals surface area (Å²) in [6, 6.07) is 13.9. The molecule has 0 saturated heterocycles. The molecule has 1 heterocycles. The molecule has 2 aromatic rings. The molecule has 0 aliphatic carbocycles. The second-order valence-electron chi connectivity index (χ2n) is 5.46. The minimum atomic E-state index is -1.27. The molecule has 2 aromatic carbocycles. The van der Waals surface area contributed by atoms with Gasteiger partial charge in [-0.1, -0.05) is 35.9 Å². The highest BCUT2D eigenvalue weighted by Gasteiger charge is 2.26. The fourth-order valence-corrected chi connectivity index (χ4v) is 5.34. The summed E-state index contributed by atoms with van der Waals surface area (Å²) in [4.78, 5) is 12.2. The van der Waals surface area contributed by atoms with E-state index >= 15 is 0 Å². The molecule has 23 heavy (non-hydrogen) atoms. The van der Waals surface area contributed by atoms with E-state index < -0.39 is 17.1 Å². The molecule has 1 aliphatic heterocycles. The summed E-state index contributed by atoms with van der Waals surface area (Å²) in [6.45, 7) is 0. The highest BCUT2D eigenvalue weighted by atomic mass is 35.5. The molecule has 2 unspecified atom stereocenters. The first-order chi connectivity index (χ1) is 11.0. The van der Waals surface area contributed by atoms with Crippen molar-refractivity contribution in [3.05, 3.63) is 64.2 Å². The van der Waals surface area contributed by atoms with Crippen molar-refractivity contribution in [2.75, 3.05) is 5.75 Å². The van der Waals surface area contributed by atoms with E-state index in [4.69, 9.17) is 17.3 Å². The van der Waals surface area contributed by atoms with Crippen molar-refractivity contribution in [1.82, 2.24) is 0 Å². The van der Waals surface area contributed by atoms with Crippen molar-refractivity contribution in [3.8, 4) is 0 Å². The van der Waals surface area contributed by atoms with Gasteiger partial charge in [0.15, 0.2) is 5.75 Å². The second kappa shape index (κ2) is 7.18. The van der Waals surface area contributed by atoms with Crippen LogP contribution in [0.2, 0.25) is 5.02 Å². The Labute approximate surface area is 147 Å². The third-order valence-corrected chi connectivity index (χ3v) is 6.55. The summed E-state index contributed by atoms with van der Waals surface area (Å²) in [5, 5.41) is 1.03. The lowest BCUT2D eigenvalue weighted by Gasteiger charge is -2.16. The number of nitrogens with two attached hydrogens (primary N) is 1. The van der Waals surface area contributed by atoms with Gasteiger partial charge in [-0.15, -0.1) is 11.8 Å². The SMILES string of the molecule is NC(=O)C[S+]([O-])Cc1ccccc1C1Cc2cc(Cl)ccc2S1. The number of fused-ring (bicyclic) bond motifs is 1. The molecule has 3 nitrogen and oxygen atoms in total. The van der Waals surface area contributed by atoms with Gasteiger partial charge in [0.2, 0.25) is 0 Å². The van der Waals surface area contributed by atoms with E-state index in [0.29, 0.717) is 5.75 Å². The average Bonchev–Trinajstić information content (AvgIpc) is 2.89. The Morgan fingerprint density at radius 3 is 2.91 bits per heavy atom. The summed E-state index contributed by atoms with van der Waals surface area (Å²) < 4.78 is 12.0. The van der Waals surface area contributed by atoms with Crippen molar-refractivity contribution < 1.29 is 9.35 Å². The predicted octanol–water partition coefficient (Wildman–Crippen LogP) is 3.46. The number of carbonyl (C=O) groups excluding carboxylic acids is 1. The van der Waals surface area contributed by atoms with Crippen LogP contribution in [0.4, 0.5) is 0 Å². The molecular weight excluding hydrogens is 350 g/mol. The molecule has 120 valence electrons. The molecule has 2 atom stereocenters. The number of amides is 1. The number of primary amides is 1. The number of halogens is 1. The molecule has 6 heteroatoms. The number of benzene rings is 2. The first kappa shape index (κ1) is 16.7. The standard InChI is InChI=1S/C17H16ClNO2S2/c18-13-5-6-15-12(7-13)8-16(22-15)14-4-2-1-3-11(14)9-23(21)10-17(19)20/h1-7,16H,8-10H2,(H2,19,20). The minimum Gasteiger partial charge on any atom is -0.616 e. The zero-order valence-electron chi connectivity index (χ0n) is 12.3. The van der Waals surface area contributed by atoms with Gasteiger partial charge in [-0.2, -0.15) is 0 Å². The summed E-state index contributed by atoms with van der Waals surface area (Å²) in [6.07, 6.45) is 0.903. The molecule has 1 amide bonds. The van der Waals surface area contributed by atoms with Crippen LogP contribution in [0.5, 0.6) is 0 Å². The third kappa shape index (κ3) is 4.04. The Morgan fingerprint density at radius 2 is 2.13 bits per heavy atom. The fourth-order valence-electron chi connectivity index (χ4n) is 2.75. The molecular formula is C17H16ClNO2S2. The Hall–Kier alpha value is -1.14. The zero-order valence-corrected chi connectivity index (χ0v) is 14.7. The van der Waals surface area contributed by atoms with Gasteiger partial charge in [0.1, 0.15) is 5.75 Å². The number of rotatable bonds is 5. The summed E-state index contributed by atoms with van der Waals surface area (Å²) >= 11 is 6.61. The Bertz CT molecular complexity index is 738. The van der Waals surface area contributed by atoms with Crippen LogP contribution in [0, 0.1) is 0 Å². The van der Waals surface area contributed by atoms with Crippen LogP contribution in [0.3, 0.4) is 0 Å². The summed E-state index contributed by atoms with van der Waals surface area (Å²) in [5.74, 6) is -0.270. The van der Waals surface area contributed by atoms with Crippen molar-refractivity contribution in [1.29, 1.82) is 0 Å². The molecule has 0 bridgehead atoms. The maximum Gasteiger partial charge on any atom is 0.267 e. The van der Waals surface area contributed by atoms with Crippen LogP contribution in [-0.2, 0) is 28.1 Å². The van der Waals surface area contributed by atoms with E-state index in [-0.39, 0.29) is 11.0 Å². The van der Waals surface area contributed by atoms with Crippen molar-refractivity contribution in [2.24, 2.45) is 5.73 Å². The normalized spacial score (nSPS) is 17.7. The molecule has 2 N–H and O–H groups in total. The Morgan fingerprint density at radius 1 is 1.35 bits per heavy atom. The van der Waals surface area contributed by atoms with Crippen molar-refractivity contribution >= 4 is 40.4 Å². The monoisotopic (exact) mass is 365 g/mol.